The van der Waals surface area contributed by atoms with Gasteiger partial charge in [-0.2, -0.15) is 0 Å². The van der Waals surface area contributed by atoms with Crippen molar-refractivity contribution in [2.45, 2.75) is 19.9 Å². The molecule has 1 N–H and O–H groups in total. The van der Waals surface area contributed by atoms with Crippen LogP contribution in [0.3, 0.4) is 0 Å². The van der Waals surface area contributed by atoms with Gasteiger partial charge in [-0.3, -0.25) is 4.79 Å². The van der Waals surface area contributed by atoms with E-state index in [-0.39, 0.29) is 5.91 Å². The molecule has 0 unspecified atom stereocenters. The number of nitrogens with one attached hydrogen (secondary N) is 1. The summed E-state index contributed by atoms with van der Waals surface area (Å²) in [6, 6.07) is 5.99. The van der Waals surface area contributed by atoms with Gasteiger partial charge in [0.2, 0.25) is 5.91 Å². The highest BCUT2D eigenvalue weighted by molar-refractivity contribution is 5.76. The van der Waals surface area contributed by atoms with Gasteiger partial charge in [-0.1, -0.05) is 12.1 Å². The zero-order valence-corrected chi connectivity index (χ0v) is 11.6. The number of methoxy groups -OCH3 is 1. The molecule has 0 radical (unpaired) electrons. The first-order valence-electron chi connectivity index (χ1n) is 6.10. The van der Waals surface area contributed by atoms with Crippen molar-refractivity contribution in [3.05, 3.63) is 29.3 Å². The lowest BCUT2D eigenvalue weighted by Crippen LogP contribution is -2.28. The number of amides is 1. The Bertz CT molecular complexity index is 405. The topological polar surface area (TPSA) is 41.6 Å². The number of nitrogens with zero attached hydrogens (tertiary/aromatic N) is 1. The third-order valence-corrected chi connectivity index (χ3v) is 2.89. The maximum absolute atomic E-state index is 11.8. The van der Waals surface area contributed by atoms with Gasteiger partial charge in [0.05, 0.1) is 7.11 Å². The molecule has 0 atom stereocenters. The lowest BCUT2D eigenvalue weighted by molar-refractivity contribution is -0.130. The van der Waals surface area contributed by atoms with Crippen LogP contribution >= 0.6 is 0 Å². The molecule has 0 spiro atoms. The van der Waals surface area contributed by atoms with Gasteiger partial charge in [0.15, 0.2) is 0 Å². The van der Waals surface area contributed by atoms with Gasteiger partial charge in [0.25, 0.3) is 0 Å². The standard InChI is InChI=1S/C14H22N2O2/c1-11-9-12(5-6-13(11)18-4)10-16(3)14(17)7-8-15-2/h5-6,9,15H,7-8,10H2,1-4H3. The van der Waals surface area contributed by atoms with Crippen LogP contribution < -0.4 is 10.1 Å². The van der Waals surface area contributed by atoms with Gasteiger partial charge < -0.3 is 15.0 Å². The summed E-state index contributed by atoms with van der Waals surface area (Å²) in [5.74, 6) is 1.03. The van der Waals surface area contributed by atoms with Gasteiger partial charge in [-0.05, 0) is 31.2 Å². The Morgan fingerprint density at radius 2 is 2.17 bits per heavy atom. The Morgan fingerprint density at radius 1 is 1.44 bits per heavy atom. The lowest BCUT2D eigenvalue weighted by atomic mass is 10.1. The van der Waals surface area contributed by atoms with E-state index >= 15 is 0 Å². The normalized spacial score (nSPS) is 10.2. The molecular formula is C14H22N2O2. The second-order valence-electron chi connectivity index (χ2n) is 4.41. The van der Waals surface area contributed by atoms with E-state index in [1.807, 2.05) is 33.2 Å². The maximum atomic E-state index is 11.8. The van der Waals surface area contributed by atoms with Crippen molar-refractivity contribution in [2.24, 2.45) is 0 Å². The van der Waals surface area contributed by atoms with E-state index in [1.165, 1.54) is 0 Å². The minimum absolute atomic E-state index is 0.151. The Hall–Kier alpha value is -1.55. The van der Waals surface area contributed by atoms with Crippen molar-refractivity contribution in [1.29, 1.82) is 0 Å². The molecule has 0 fully saturated rings. The average molecular weight is 250 g/mol. The molecular weight excluding hydrogens is 228 g/mol. The molecule has 100 valence electrons. The summed E-state index contributed by atoms with van der Waals surface area (Å²) in [7, 11) is 5.34. The van der Waals surface area contributed by atoms with Gasteiger partial charge in [0, 0.05) is 26.6 Å². The monoisotopic (exact) mass is 250 g/mol. The number of carbonyl (C=O) groups excluding carboxylic acids is 1. The number of benzene rings is 1. The van der Waals surface area contributed by atoms with E-state index in [2.05, 4.69) is 11.4 Å². The minimum atomic E-state index is 0.151. The van der Waals surface area contributed by atoms with E-state index < -0.39 is 0 Å². The van der Waals surface area contributed by atoms with Gasteiger partial charge in [-0.25, -0.2) is 0 Å². The Morgan fingerprint density at radius 3 is 2.72 bits per heavy atom. The fraction of sp³-hybridized carbons (Fsp3) is 0.500. The van der Waals surface area contributed by atoms with E-state index in [9.17, 15) is 4.79 Å². The molecule has 0 aliphatic heterocycles. The van der Waals surface area contributed by atoms with Crippen molar-refractivity contribution in [3.63, 3.8) is 0 Å². The van der Waals surface area contributed by atoms with E-state index in [4.69, 9.17) is 4.74 Å². The van der Waals surface area contributed by atoms with Crippen LogP contribution in [0.4, 0.5) is 0 Å². The molecule has 1 aromatic carbocycles. The molecule has 1 amide bonds. The van der Waals surface area contributed by atoms with Crippen LogP contribution in [-0.2, 0) is 11.3 Å². The Labute approximate surface area is 109 Å². The van der Waals surface area contributed by atoms with Crippen molar-refractivity contribution >= 4 is 5.91 Å². The van der Waals surface area contributed by atoms with E-state index in [0.29, 0.717) is 19.5 Å². The van der Waals surface area contributed by atoms with Crippen molar-refractivity contribution in [3.8, 4) is 5.75 Å². The first-order chi connectivity index (χ1) is 8.58. The minimum Gasteiger partial charge on any atom is -0.496 e. The number of hydrogen-bond donors (Lipinski definition) is 1. The van der Waals surface area contributed by atoms with Crippen molar-refractivity contribution < 1.29 is 9.53 Å². The Balaban J connectivity index is 2.61. The molecule has 1 rings (SSSR count). The molecule has 0 aliphatic rings. The summed E-state index contributed by atoms with van der Waals surface area (Å²) < 4.78 is 5.22. The highest BCUT2D eigenvalue weighted by atomic mass is 16.5. The van der Waals surface area contributed by atoms with Gasteiger partial charge >= 0.3 is 0 Å². The predicted molar refractivity (Wildman–Crippen MR) is 72.7 cm³/mol. The van der Waals surface area contributed by atoms with Crippen LogP contribution in [0.25, 0.3) is 0 Å². The van der Waals surface area contributed by atoms with E-state index in [0.717, 1.165) is 16.9 Å². The number of carbonyl (C=O) groups is 1. The molecule has 4 heteroatoms. The number of aryl methyl sites for hydroxylation is 1. The molecule has 18 heavy (non-hydrogen) atoms. The highest BCUT2D eigenvalue weighted by Crippen LogP contribution is 2.19. The summed E-state index contributed by atoms with van der Waals surface area (Å²) in [4.78, 5) is 13.5. The predicted octanol–water partition coefficient (Wildman–Crippen LogP) is 1.57. The fourth-order valence-electron chi connectivity index (χ4n) is 1.82. The van der Waals surface area contributed by atoms with E-state index in [1.54, 1.807) is 12.0 Å². The SMILES string of the molecule is CNCCC(=O)N(C)Cc1ccc(OC)c(C)c1. The molecule has 0 aromatic heterocycles. The van der Waals surface area contributed by atoms with Crippen LogP contribution in [0.2, 0.25) is 0 Å². The molecule has 0 saturated carbocycles. The second-order valence-corrected chi connectivity index (χ2v) is 4.41. The third kappa shape index (κ3) is 4.04. The quantitative estimate of drug-likeness (QED) is 0.833. The summed E-state index contributed by atoms with van der Waals surface area (Å²) in [6.45, 7) is 3.35. The van der Waals surface area contributed by atoms with Crippen molar-refractivity contribution in [1.82, 2.24) is 10.2 Å². The maximum Gasteiger partial charge on any atom is 0.223 e. The smallest absolute Gasteiger partial charge is 0.223 e. The summed E-state index contributed by atoms with van der Waals surface area (Å²) in [6.07, 6.45) is 0.530. The summed E-state index contributed by atoms with van der Waals surface area (Å²) in [5.41, 5.74) is 2.21. The zero-order valence-electron chi connectivity index (χ0n) is 11.6. The number of ether oxygens (including phenoxy) is 1. The lowest BCUT2D eigenvalue weighted by Gasteiger charge is -2.18. The first-order valence-corrected chi connectivity index (χ1v) is 6.10. The van der Waals surface area contributed by atoms with Gasteiger partial charge in [-0.15, -0.1) is 0 Å². The molecule has 4 nitrogen and oxygen atoms in total. The number of rotatable bonds is 6. The summed E-state index contributed by atoms with van der Waals surface area (Å²) >= 11 is 0. The first kappa shape index (κ1) is 14.5. The molecule has 1 aromatic rings. The summed E-state index contributed by atoms with van der Waals surface area (Å²) in [5, 5.41) is 2.98. The second kappa shape index (κ2) is 7.01. The molecule has 0 heterocycles. The number of hydrogen-bond acceptors (Lipinski definition) is 3. The highest BCUT2D eigenvalue weighted by Gasteiger charge is 2.09. The average Bonchev–Trinajstić information content (AvgIpc) is 2.36. The van der Waals surface area contributed by atoms with Crippen LogP contribution in [0, 0.1) is 6.92 Å². The molecule has 0 bridgehead atoms. The van der Waals surface area contributed by atoms with Crippen LogP contribution in [0.1, 0.15) is 17.5 Å². The van der Waals surface area contributed by atoms with Crippen LogP contribution in [0.5, 0.6) is 5.75 Å². The third-order valence-electron chi connectivity index (χ3n) is 2.89. The molecule has 0 aliphatic carbocycles. The van der Waals surface area contributed by atoms with Crippen LogP contribution in [-0.4, -0.2) is 38.6 Å². The zero-order chi connectivity index (χ0) is 13.5. The van der Waals surface area contributed by atoms with Crippen molar-refractivity contribution in [2.75, 3.05) is 27.7 Å². The van der Waals surface area contributed by atoms with Gasteiger partial charge in [0.1, 0.15) is 5.75 Å². The van der Waals surface area contributed by atoms with Crippen LogP contribution in [0.15, 0.2) is 18.2 Å². The Kier molecular flexibility index (Phi) is 5.65. The fourth-order valence-corrected chi connectivity index (χ4v) is 1.82. The largest absolute Gasteiger partial charge is 0.496 e. The molecule has 0 saturated heterocycles.